The van der Waals surface area contributed by atoms with Crippen LogP contribution in [0.3, 0.4) is 0 Å². The Morgan fingerprint density at radius 3 is 2.67 bits per heavy atom. The predicted molar refractivity (Wildman–Crippen MR) is 71.7 cm³/mol. The van der Waals surface area contributed by atoms with E-state index in [1.165, 1.54) is 0 Å². The van der Waals surface area contributed by atoms with E-state index in [0.29, 0.717) is 22.9 Å². The van der Waals surface area contributed by atoms with Crippen LogP contribution in [-0.4, -0.2) is 31.0 Å². The van der Waals surface area contributed by atoms with Crippen molar-refractivity contribution < 1.29 is 9.53 Å². The van der Waals surface area contributed by atoms with E-state index in [9.17, 15) is 4.79 Å². The molecule has 4 heteroatoms. The number of ether oxygens (including phenoxy) is 1. The van der Waals surface area contributed by atoms with Gasteiger partial charge in [-0.3, -0.25) is 4.79 Å². The second-order valence-electron chi connectivity index (χ2n) is 4.90. The molecule has 1 aliphatic rings. The number of likely N-dealkylation sites (tertiary alicyclic amines) is 1. The lowest BCUT2D eigenvalue weighted by Crippen LogP contribution is -2.38. The van der Waals surface area contributed by atoms with E-state index in [0.717, 1.165) is 25.9 Å². The molecule has 0 radical (unpaired) electrons. The Bertz CT molecular complexity index is 437. The van der Waals surface area contributed by atoms with Crippen molar-refractivity contribution in [1.82, 2.24) is 4.90 Å². The zero-order valence-electron chi connectivity index (χ0n) is 11.0. The highest BCUT2D eigenvalue weighted by molar-refractivity contribution is 5.98. The summed E-state index contributed by atoms with van der Waals surface area (Å²) in [7, 11) is 1.54. The molecule has 2 rings (SSSR count). The highest BCUT2D eigenvalue weighted by Gasteiger charge is 2.24. The molecule has 1 saturated heterocycles. The molecule has 4 nitrogen and oxygen atoms in total. The average Bonchev–Trinajstić information content (AvgIpc) is 2.38. The van der Waals surface area contributed by atoms with E-state index >= 15 is 0 Å². The minimum Gasteiger partial charge on any atom is -0.494 e. The van der Waals surface area contributed by atoms with E-state index < -0.39 is 0 Å². The van der Waals surface area contributed by atoms with E-state index in [2.05, 4.69) is 6.92 Å². The van der Waals surface area contributed by atoms with Gasteiger partial charge in [0.1, 0.15) is 0 Å². The van der Waals surface area contributed by atoms with Gasteiger partial charge in [0.15, 0.2) is 5.75 Å². The normalized spacial score (nSPS) is 16.7. The molecule has 0 aliphatic carbocycles. The molecule has 0 saturated carbocycles. The number of methoxy groups -OCH3 is 1. The number of rotatable bonds is 2. The number of carbonyl (C=O) groups is 1. The second-order valence-corrected chi connectivity index (χ2v) is 4.90. The van der Waals surface area contributed by atoms with Gasteiger partial charge in [-0.15, -0.1) is 0 Å². The van der Waals surface area contributed by atoms with Gasteiger partial charge in [-0.1, -0.05) is 13.0 Å². The fraction of sp³-hybridized carbons (Fsp3) is 0.500. The topological polar surface area (TPSA) is 55.6 Å². The zero-order valence-corrected chi connectivity index (χ0v) is 11.0. The monoisotopic (exact) mass is 248 g/mol. The van der Waals surface area contributed by atoms with Gasteiger partial charge in [-0.05, 0) is 30.9 Å². The fourth-order valence-electron chi connectivity index (χ4n) is 2.33. The lowest BCUT2D eigenvalue weighted by molar-refractivity contribution is 0.0694. The Morgan fingerprint density at radius 1 is 1.39 bits per heavy atom. The van der Waals surface area contributed by atoms with E-state index in [1.54, 1.807) is 25.3 Å². The maximum absolute atomic E-state index is 12.4. The van der Waals surface area contributed by atoms with Gasteiger partial charge >= 0.3 is 0 Å². The first-order valence-corrected chi connectivity index (χ1v) is 6.35. The molecule has 1 heterocycles. The van der Waals surface area contributed by atoms with Crippen LogP contribution in [0, 0.1) is 5.92 Å². The first kappa shape index (κ1) is 12.7. The van der Waals surface area contributed by atoms with Crippen molar-refractivity contribution >= 4 is 11.6 Å². The van der Waals surface area contributed by atoms with Gasteiger partial charge in [0.2, 0.25) is 0 Å². The summed E-state index contributed by atoms with van der Waals surface area (Å²) in [6.45, 7) is 3.86. The number of hydrogen-bond acceptors (Lipinski definition) is 3. The van der Waals surface area contributed by atoms with Crippen LogP contribution in [0.25, 0.3) is 0 Å². The molecule has 1 aromatic rings. The minimum atomic E-state index is 0.0195. The third-order valence-corrected chi connectivity index (χ3v) is 3.55. The van der Waals surface area contributed by atoms with Crippen LogP contribution in [-0.2, 0) is 0 Å². The van der Waals surface area contributed by atoms with Crippen molar-refractivity contribution in [3.8, 4) is 5.75 Å². The van der Waals surface area contributed by atoms with Crippen LogP contribution in [0.4, 0.5) is 5.69 Å². The van der Waals surface area contributed by atoms with Crippen LogP contribution in [0.15, 0.2) is 18.2 Å². The lowest BCUT2D eigenvalue weighted by Gasteiger charge is -2.30. The smallest absolute Gasteiger partial charge is 0.257 e. The standard InChI is InChI=1S/C14H20N2O2/c1-10-6-8-16(9-7-10)14(17)11-4-3-5-12(15)13(11)18-2/h3-5,10H,6-9,15H2,1-2H3. The molecule has 1 amide bonds. The highest BCUT2D eigenvalue weighted by atomic mass is 16.5. The number of para-hydroxylation sites is 1. The number of carbonyl (C=O) groups excluding carboxylic acids is 1. The molecule has 0 atom stereocenters. The molecule has 0 aromatic heterocycles. The Hall–Kier alpha value is -1.71. The number of hydrogen-bond donors (Lipinski definition) is 1. The van der Waals surface area contributed by atoms with Crippen molar-refractivity contribution in [2.45, 2.75) is 19.8 Å². The molecule has 0 unspecified atom stereocenters. The van der Waals surface area contributed by atoms with Crippen LogP contribution in [0.1, 0.15) is 30.1 Å². The first-order valence-electron chi connectivity index (χ1n) is 6.35. The first-order chi connectivity index (χ1) is 8.63. The quantitative estimate of drug-likeness (QED) is 0.816. The predicted octanol–water partition coefficient (Wildman–Crippen LogP) is 2.15. The van der Waals surface area contributed by atoms with E-state index in [-0.39, 0.29) is 5.91 Å². The van der Waals surface area contributed by atoms with Crippen LogP contribution in [0.5, 0.6) is 5.75 Å². The lowest BCUT2D eigenvalue weighted by atomic mass is 9.98. The van der Waals surface area contributed by atoms with E-state index in [4.69, 9.17) is 10.5 Å². The van der Waals surface area contributed by atoms with Crippen molar-refractivity contribution in [2.24, 2.45) is 5.92 Å². The van der Waals surface area contributed by atoms with Gasteiger partial charge in [0.25, 0.3) is 5.91 Å². The maximum Gasteiger partial charge on any atom is 0.257 e. The van der Waals surface area contributed by atoms with Crippen molar-refractivity contribution in [3.05, 3.63) is 23.8 Å². The Morgan fingerprint density at radius 2 is 2.06 bits per heavy atom. The van der Waals surface area contributed by atoms with Gasteiger partial charge in [-0.2, -0.15) is 0 Å². The molecule has 2 N–H and O–H groups in total. The summed E-state index contributed by atoms with van der Waals surface area (Å²) in [6, 6.07) is 5.31. The number of amides is 1. The van der Waals surface area contributed by atoms with Crippen molar-refractivity contribution in [1.29, 1.82) is 0 Å². The number of nitrogen functional groups attached to an aromatic ring is 1. The SMILES string of the molecule is COc1c(N)cccc1C(=O)N1CCC(C)CC1. The molecule has 18 heavy (non-hydrogen) atoms. The summed E-state index contributed by atoms with van der Waals surface area (Å²) in [5.41, 5.74) is 6.90. The summed E-state index contributed by atoms with van der Waals surface area (Å²) in [5, 5.41) is 0. The summed E-state index contributed by atoms with van der Waals surface area (Å²) < 4.78 is 5.24. The van der Waals surface area contributed by atoms with Crippen molar-refractivity contribution in [2.75, 3.05) is 25.9 Å². The molecular weight excluding hydrogens is 228 g/mol. The van der Waals surface area contributed by atoms with Crippen LogP contribution < -0.4 is 10.5 Å². The van der Waals surface area contributed by atoms with Gasteiger partial charge in [0.05, 0.1) is 18.4 Å². The Balaban J connectivity index is 2.21. The molecule has 0 bridgehead atoms. The number of nitrogens with two attached hydrogens (primary N) is 1. The summed E-state index contributed by atoms with van der Waals surface area (Å²) in [4.78, 5) is 14.3. The average molecular weight is 248 g/mol. The number of anilines is 1. The molecular formula is C14H20N2O2. The Kier molecular flexibility index (Phi) is 3.75. The van der Waals surface area contributed by atoms with Gasteiger partial charge in [-0.25, -0.2) is 0 Å². The largest absolute Gasteiger partial charge is 0.494 e. The Labute approximate surface area is 108 Å². The second kappa shape index (κ2) is 5.29. The molecule has 98 valence electrons. The zero-order chi connectivity index (χ0) is 13.1. The summed E-state index contributed by atoms with van der Waals surface area (Å²) >= 11 is 0. The molecule has 1 fully saturated rings. The fourth-order valence-corrected chi connectivity index (χ4v) is 2.33. The highest BCUT2D eigenvalue weighted by Crippen LogP contribution is 2.28. The summed E-state index contributed by atoms with van der Waals surface area (Å²) in [6.07, 6.45) is 2.13. The number of piperidine rings is 1. The number of benzene rings is 1. The third kappa shape index (κ3) is 2.42. The number of nitrogens with zero attached hydrogens (tertiary/aromatic N) is 1. The maximum atomic E-state index is 12.4. The van der Waals surface area contributed by atoms with Crippen LogP contribution >= 0.6 is 0 Å². The molecule has 1 aliphatic heterocycles. The minimum absolute atomic E-state index is 0.0195. The third-order valence-electron chi connectivity index (χ3n) is 3.55. The molecule has 1 aromatic carbocycles. The summed E-state index contributed by atoms with van der Waals surface area (Å²) in [5.74, 6) is 1.21. The van der Waals surface area contributed by atoms with Crippen molar-refractivity contribution in [3.63, 3.8) is 0 Å². The molecule has 0 spiro atoms. The van der Waals surface area contributed by atoms with Gasteiger partial charge in [0, 0.05) is 13.1 Å². The van der Waals surface area contributed by atoms with Gasteiger partial charge < -0.3 is 15.4 Å². The van der Waals surface area contributed by atoms with E-state index in [1.807, 2.05) is 4.90 Å². The van der Waals surface area contributed by atoms with Crippen LogP contribution in [0.2, 0.25) is 0 Å².